The highest BCUT2D eigenvalue weighted by atomic mass is 32.2. The maximum atomic E-state index is 13.7. The average molecular weight is 345 g/mol. The lowest BCUT2D eigenvalue weighted by molar-refractivity contribution is 0.378. The quantitative estimate of drug-likeness (QED) is 0.853. The number of anilines is 1. The predicted molar refractivity (Wildman–Crippen MR) is 79.4 cm³/mol. The number of hydrogen-bond donors (Lipinski definition) is 0. The van der Waals surface area contributed by atoms with Crippen molar-refractivity contribution in [1.29, 1.82) is 0 Å². The molecule has 2 heterocycles. The summed E-state index contributed by atoms with van der Waals surface area (Å²) in [6.45, 7) is 1.19. The molecule has 0 atom stereocenters. The van der Waals surface area contributed by atoms with Crippen LogP contribution in [-0.2, 0) is 10.0 Å². The Bertz CT molecular complexity index is 737. The Labute approximate surface area is 130 Å². The van der Waals surface area contributed by atoms with Crippen LogP contribution in [0.5, 0.6) is 0 Å². The van der Waals surface area contributed by atoms with Gasteiger partial charge in [0.15, 0.2) is 10.0 Å². The SMILES string of the molecule is O=S(=O)(c1c(F)cccc1F)N1CCN(c2nccs2)CC1. The molecule has 1 aliphatic rings. The molecule has 0 bridgehead atoms. The summed E-state index contributed by atoms with van der Waals surface area (Å²) in [5.41, 5.74) is 0. The first-order chi connectivity index (χ1) is 10.5. The second-order valence-electron chi connectivity index (χ2n) is 4.76. The van der Waals surface area contributed by atoms with E-state index in [-0.39, 0.29) is 13.1 Å². The van der Waals surface area contributed by atoms with Crippen molar-refractivity contribution in [3.8, 4) is 0 Å². The number of thiazole rings is 1. The van der Waals surface area contributed by atoms with Gasteiger partial charge in [-0.05, 0) is 12.1 Å². The second-order valence-corrected chi connectivity index (χ2v) is 7.50. The molecule has 1 aromatic carbocycles. The Hall–Kier alpha value is -1.58. The molecule has 0 saturated carbocycles. The van der Waals surface area contributed by atoms with Crippen molar-refractivity contribution in [3.63, 3.8) is 0 Å². The maximum Gasteiger partial charge on any atom is 0.249 e. The fourth-order valence-electron chi connectivity index (χ4n) is 2.35. The van der Waals surface area contributed by atoms with Crippen molar-refractivity contribution in [2.45, 2.75) is 4.90 Å². The first-order valence-corrected chi connectivity index (χ1v) is 8.91. The zero-order valence-corrected chi connectivity index (χ0v) is 13.1. The Morgan fingerprint density at radius 1 is 1.09 bits per heavy atom. The summed E-state index contributed by atoms with van der Waals surface area (Å²) in [6.07, 6.45) is 1.68. The minimum atomic E-state index is -4.18. The van der Waals surface area contributed by atoms with Crippen LogP contribution in [0.15, 0.2) is 34.7 Å². The van der Waals surface area contributed by atoms with E-state index >= 15 is 0 Å². The summed E-state index contributed by atoms with van der Waals surface area (Å²) in [7, 11) is -4.18. The molecule has 1 aromatic heterocycles. The molecule has 1 saturated heterocycles. The molecule has 1 aliphatic heterocycles. The maximum absolute atomic E-state index is 13.7. The van der Waals surface area contributed by atoms with Gasteiger partial charge in [0.1, 0.15) is 11.6 Å². The van der Waals surface area contributed by atoms with Gasteiger partial charge in [0, 0.05) is 37.8 Å². The van der Waals surface area contributed by atoms with Gasteiger partial charge in [0.05, 0.1) is 0 Å². The number of aromatic nitrogens is 1. The van der Waals surface area contributed by atoms with Crippen LogP contribution in [0.4, 0.5) is 13.9 Å². The third-order valence-corrected chi connectivity index (χ3v) is 6.23. The summed E-state index contributed by atoms with van der Waals surface area (Å²) in [5.74, 6) is -2.13. The Morgan fingerprint density at radius 3 is 2.27 bits per heavy atom. The van der Waals surface area contributed by atoms with E-state index in [2.05, 4.69) is 4.98 Å². The fourth-order valence-corrected chi connectivity index (χ4v) is 4.58. The summed E-state index contributed by atoms with van der Waals surface area (Å²) in [4.78, 5) is 5.25. The van der Waals surface area contributed by atoms with Crippen LogP contribution in [0.2, 0.25) is 0 Å². The number of sulfonamides is 1. The molecule has 0 N–H and O–H groups in total. The highest BCUT2D eigenvalue weighted by molar-refractivity contribution is 7.89. The van der Waals surface area contributed by atoms with Crippen LogP contribution >= 0.6 is 11.3 Å². The van der Waals surface area contributed by atoms with E-state index in [1.165, 1.54) is 11.3 Å². The number of nitrogens with zero attached hydrogens (tertiary/aromatic N) is 3. The lowest BCUT2D eigenvalue weighted by Crippen LogP contribution is -2.49. The van der Waals surface area contributed by atoms with Crippen molar-refractivity contribution in [2.75, 3.05) is 31.1 Å². The Kier molecular flexibility index (Phi) is 4.11. The summed E-state index contributed by atoms with van der Waals surface area (Å²) in [5, 5.41) is 2.65. The molecule has 0 radical (unpaired) electrons. The largest absolute Gasteiger partial charge is 0.345 e. The van der Waals surface area contributed by atoms with Crippen LogP contribution in [0.1, 0.15) is 0 Å². The molecule has 0 amide bonds. The molecule has 0 unspecified atom stereocenters. The van der Waals surface area contributed by atoms with Crippen molar-refractivity contribution < 1.29 is 17.2 Å². The number of piperazine rings is 1. The number of hydrogen-bond acceptors (Lipinski definition) is 5. The summed E-state index contributed by atoms with van der Waals surface area (Å²) in [6, 6.07) is 3.04. The predicted octanol–water partition coefficient (Wildman–Crippen LogP) is 1.93. The van der Waals surface area contributed by atoms with Crippen molar-refractivity contribution in [3.05, 3.63) is 41.4 Å². The number of benzene rings is 1. The van der Waals surface area contributed by atoms with E-state index in [4.69, 9.17) is 0 Å². The molecule has 118 valence electrons. The van der Waals surface area contributed by atoms with E-state index in [9.17, 15) is 17.2 Å². The molecule has 1 fully saturated rings. The third-order valence-electron chi connectivity index (χ3n) is 3.45. The minimum absolute atomic E-state index is 0.162. The van der Waals surface area contributed by atoms with Gasteiger partial charge in [-0.3, -0.25) is 0 Å². The Morgan fingerprint density at radius 2 is 1.73 bits per heavy atom. The molecule has 22 heavy (non-hydrogen) atoms. The highest BCUT2D eigenvalue weighted by Crippen LogP contribution is 2.25. The first kappa shape index (κ1) is 15.3. The van der Waals surface area contributed by atoms with Crippen LogP contribution in [0, 0.1) is 11.6 Å². The van der Waals surface area contributed by atoms with Gasteiger partial charge in [0.25, 0.3) is 0 Å². The lowest BCUT2D eigenvalue weighted by atomic mass is 10.3. The van der Waals surface area contributed by atoms with E-state index in [1.807, 2.05) is 10.3 Å². The molecular formula is C13H13F2N3O2S2. The van der Waals surface area contributed by atoms with E-state index < -0.39 is 26.6 Å². The van der Waals surface area contributed by atoms with Crippen LogP contribution in [0.3, 0.4) is 0 Å². The Balaban J connectivity index is 1.81. The topological polar surface area (TPSA) is 53.5 Å². The van der Waals surface area contributed by atoms with Crippen LogP contribution in [0.25, 0.3) is 0 Å². The fraction of sp³-hybridized carbons (Fsp3) is 0.308. The van der Waals surface area contributed by atoms with Crippen molar-refractivity contribution in [2.24, 2.45) is 0 Å². The van der Waals surface area contributed by atoms with Gasteiger partial charge in [0.2, 0.25) is 10.0 Å². The monoisotopic (exact) mass is 345 g/mol. The van der Waals surface area contributed by atoms with Gasteiger partial charge < -0.3 is 4.90 Å². The van der Waals surface area contributed by atoms with E-state index in [0.717, 1.165) is 27.6 Å². The zero-order valence-electron chi connectivity index (χ0n) is 11.4. The van der Waals surface area contributed by atoms with Gasteiger partial charge in [-0.25, -0.2) is 22.2 Å². The molecular weight excluding hydrogens is 332 g/mol. The summed E-state index contributed by atoms with van der Waals surface area (Å²) < 4.78 is 53.5. The minimum Gasteiger partial charge on any atom is -0.345 e. The van der Waals surface area contributed by atoms with Crippen molar-refractivity contribution >= 4 is 26.5 Å². The second kappa shape index (κ2) is 5.90. The average Bonchev–Trinajstić information content (AvgIpc) is 3.01. The van der Waals surface area contributed by atoms with Gasteiger partial charge in [-0.1, -0.05) is 6.07 Å². The molecule has 2 aromatic rings. The molecule has 9 heteroatoms. The normalized spacial score (nSPS) is 16.9. The molecule has 0 aliphatic carbocycles. The van der Waals surface area contributed by atoms with Gasteiger partial charge in [-0.2, -0.15) is 4.31 Å². The molecule has 3 rings (SSSR count). The first-order valence-electron chi connectivity index (χ1n) is 6.59. The van der Waals surface area contributed by atoms with Gasteiger partial charge in [-0.15, -0.1) is 11.3 Å². The number of halogens is 2. The standard InChI is InChI=1S/C13H13F2N3O2S2/c14-10-2-1-3-11(15)12(10)22(19,20)18-7-5-17(6-8-18)13-16-4-9-21-13/h1-4,9H,5-8H2. The smallest absolute Gasteiger partial charge is 0.249 e. The molecule has 0 spiro atoms. The van der Waals surface area contributed by atoms with Crippen LogP contribution in [-0.4, -0.2) is 43.9 Å². The van der Waals surface area contributed by atoms with Crippen molar-refractivity contribution in [1.82, 2.24) is 9.29 Å². The summed E-state index contributed by atoms with van der Waals surface area (Å²) >= 11 is 1.47. The molecule has 5 nitrogen and oxygen atoms in total. The highest BCUT2D eigenvalue weighted by Gasteiger charge is 2.33. The van der Waals surface area contributed by atoms with Gasteiger partial charge >= 0.3 is 0 Å². The lowest BCUT2D eigenvalue weighted by Gasteiger charge is -2.33. The number of rotatable bonds is 3. The third kappa shape index (κ3) is 2.71. The van der Waals surface area contributed by atoms with Crippen LogP contribution < -0.4 is 4.90 Å². The van der Waals surface area contributed by atoms with E-state index in [1.54, 1.807) is 6.20 Å². The zero-order chi connectivity index (χ0) is 15.7. The van der Waals surface area contributed by atoms with E-state index in [0.29, 0.717) is 13.1 Å².